The van der Waals surface area contributed by atoms with Crippen LogP contribution in [0.4, 0.5) is 0 Å². The molecule has 2 rings (SSSR count). The molecule has 1 aromatic carbocycles. The number of benzene rings is 1. The second kappa shape index (κ2) is 8.46. The monoisotopic (exact) mass is 343 g/mol. The summed E-state index contributed by atoms with van der Waals surface area (Å²) in [7, 11) is 3.11. The van der Waals surface area contributed by atoms with Gasteiger partial charge in [0, 0.05) is 25.7 Å². The molecule has 1 aromatic heterocycles. The average Bonchev–Trinajstić information content (AvgIpc) is 2.88. The highest BCUT2D eigenvalue weighted by molar-refractivity contribution is 5.96. The first-order valence-electron chi connectivity index (χ1n) is 8.34. The molecule has 0 atom stereocenters. The third kappa shape index (κ3) is 4.68. The molecule has 6 heteroatoms. The van der Waals surface area contributed by atoms with E-state index in [2.05, 4.69) is 9.84 Å². The molecule has 0 radical (unpaired) electrons. The second-order valence-corrected chi connectivity index (χ2v) is 6.10. The van der Waals surface area contributed by atoms with E-state index in [4.69, 9.17) is 0 Å². The van der Waals surface area contributed by atoms with Gasteiger partial charge in [0.25, 0.3) is 5.91 Å². The smallest absolute Gasteiger partial charge is 0.305 e. The number of hydrogen-bond donors (Lipinski definition) is 0. The first-order valence-corrected chi connectivity index (χ1v) is 8.34. The zero-order chi connectivity index (χ0) is 18.4. The van der Waals surface area contributed by atoms with E-state index < -0.39 is 0 Å². The molecule has 0 aliphatic rings. The Morgan fingerprint density at radius 1 is 1.20 bits per heavy atom. The molecule has 1 amide bonds. The summed E-state index contributed by atoms with van der Waals surface area (Å²) < 4.78 is 6.48. The van der Waals surface area contributed by atoms with Crippen molar-refractivity contribution >= 4 is 11.9 Å². The minimum atomic E-state index is -0.260. The fraction of sp³-hybridized carbons (Fsp3) is 0.421. The van der Waals surface area contributed by atoms with E-state index in [9.17, 15) is 9.59 Å². The van der Waals surface area contributed by atoms with Gasteiger partial charge in [-0.25, -0.2) is 0 Å². The Morgan fingerprint density at radius 2 is 1.88 bits per heavy atom. The molecule has 0 unspecified atom stereocenters. The average molecular weight is 343 g/mol. The van der Waals surface area contributed by atoms with Crippen LogP contribution in [-0.4, -0.2) is 47.3 Å². The van der Waals surface area contributed by atoms with Crippen molar-refractivity contribution < 1.29 is 14.3 Å². The van der Waals surface area contributed by atoms with E-state index in [0.717, 1.165) is 17.0 Å². The number of nitrogens with zero attached hydrogens (tertiary/aromatic N) is 3. The van der Waals surface area contributed by atoms with Gasteiger partial charge >= 0.3 is 5.97 Å². The maximum absolute atomic E-state index is 12.8. The summed E-state index contributed by atoms with van der Waals surface area (Å²) in [5.41, 5.74) is 3.35. The minimum absolute atomic E-state index is 0.0702. The first kappa shape index (κ1) is 18.7. The van der Waals surface area contributed by atoms with E-state index in [-0.39, 0.29) is 11.9 Å². The Bertz CT molecular complexity index is 738. The van der Waals surface area contributed by atoms with E-state index in [1.165, 1.54) is 7.11 Å². The summed E-state index contributed by atoms with van der Waals surface area (Å²) in [5, 5.41) is 4.53. The highest BCUT2D eigenvalue weighted by atomic mass is 16.5. The van der Waals surface area contributed by atoms with Crippen LogP contribution < -0.4 is 0 Å². The van der Waals surface area contributed by atoms with Crippen molar-refractivity contribution in [3.63, 3.8) is 0 Å². The number of rotatable bonds is 7. The summed E-state index contributed by atoms with van der Waals surface area (Å²) in [6.07, 6.45) is 0.879. The Hall–Kier alpha value is -2.63. The zero-order valence-electron chi connectivity index (χ0n) is 15.3. The summed E-state index contributed by atoms with van der Waals surface area (Å²) in [5.74, 6) is -0.330. The predicted molar refractivity (Wildman–Crippen MR) is 95.5 cm³/mol. The maximum atomic E-state index is 12.8. The number of carbonyl (C=O) groups excluding carboxylic acids is 2. The first-order chi connectivity index (χ1) is 11.9. The quantitative estimate of drug-likeness (QED) is 0.725. The van der Waals surface area contributed by atoms with Crippen LogP contribution >= 0.6 is 0 Å². The zero-order valence-corrected chi connectivity index (χ0v) is 15.3. The molecule has 0 bridgehead atoms. The molecule has 25 heavy (non-hydrogen) atoms. The third-order valence-corrected chi connectivity index (χ3v) is 4.22. The molecule has 0 saturated heterocycles. The van der Waals surface area contributed by atoms with E-state index >= 15 is 0 Å². The summed E-state index contributed by atoms with van der Waals surface area (Å²) in [6, 6.07) is 10.0. The van der Waals surface area contributed by atoms with Crippen LogP contribution in [0.5, 0.6) is 0 Å². The molecule has 0 aliphatic heterocycles. The van der Waals surface area contributed by atoms with Gasteiger partial charge in [-0.2, -0.15) is 5.10 Å². The van der Waals surface area contributed by atoms with E-state index in [1.807, 2.05) is 48.9 Å². The highest BCUT2D eigenvalue weighted by Gasteiger charge is 2.21. The molecule has 134 valence electrons. The van der Waals surface area contributed by atoms with Gasteiger partial charge in [0.1, 0.15) is 0 Å². The van der Waals surface area contributed by atoms with Crippen LogP contribution in [-0.2, 0) is 16.1 Å². The Balaban J connectivity index is 2.08. The highest BCUT2D eigenvalue weighted by Crippen LogP contribution is 2.17. The van der Waals surface area contributed by atoms with Gasteiger partial charge in [0.2, 0.25) is 0 Å². The van der Waals surface area contributed by atoms with Crippen LogP contribution in [0.25, 0.3) is 0 Å². The van der Waals surface area contributed by atoms with Gasteiger partial charge in [-0.1, -0.05) is 30.3 Å². The second-order valence-electron chi connectivity index (χ2n) is 6.10. The standard InChI is InChI=1S/C19H25N3O3/c1-14-18(19(24)21(3)12-8-11-17(23)25-4)15(2)22(20-14)13-16-9-6-5-7-10-16/h5-7,9-10H,8,11-13H2,1-4H3. The van der Waals surface area contributed by atoms with Gasteiger partial charge in [0.05, 0.1) is 24.9 Å². The number of hydrogen-bond acceptors (Lipinski definition) is 4. The molecule has 6 nitrogen and oxygen atoms in total. The van der Waals surface area contributed by atoms with Crippen LogP contribution in [0.3, 0.4) is 0 Å². The molecule has 1 heterocycles. The van der Waals surface area contributed by atoms with Crippen LogP contribution in [0, 0.1) is 13.8 Å². The van der Waals surface area contributed by atoms with Gasteiger partial charge in [-0.3, -0.25) is 14.3 Å². The van der Waals surface area contributed by atoms with E-state index in [0.29, 0.717) is 31.5 Å². The third-order valence-electron chi connectivity index (χ3n) is 4.22. The van der Waals surface area contributed by atoms with Crippen molar-refractivity contribution in [3.8, 4) is 0 Å². The van der Waals surface area contributed by atoms with Crippen molar-refractivity contribution in [2.75, 3.05) is 20.7 Å². The fourth-order valence-electron chi connectivity index (χ4n) is 2.77. The number of aromatic nitrogens is 2. The molecule has 0 N–H and O–H groups in total. The van der Waals surface area contributed by atoms with Crippen molar-refractivity contribution in [1.82, 2.24) is 14.7 Å². The maximum Gasteiger partial charge on any atom is 0.305 e. The lowest BCUT2D eigenvalue weighted by molar-refractivity contribution is -0.140. The van der Waals surface area contributed by atoms with Gasteiger partial charge in [-0.05, 0) is 25.8 Å². The molecule has 0 saturated carbocycles. The number of aryl methyl sites for hydroxylation is 1. The Kier molecular flexibility index (Phi) is 6.33. The van der Waals surface area contributed by atoms with Crippen LogP contribution in [0.15, 0.2) is 30.3 Å². The normalized spacial score (nSPS) is 10.6. The van der Waals surface area contributed by atoms with Crippen molar-refractivity contribution in [3.05, 3.63) is 52.8 Å². The molecule has 0 fully saturated rings. The summed E-state index contributed by atoms with van der Waals surface area (Å²) in [4.78, 5) is 25.6. The summed E-state index contributed by atoms with van der Waals surface area (Å²) in [6.45, 7) is 4.89. The van der Waals surface area contributed by atoms with Crippen LogP contribution in [0.1, 0.15) is 40.2 Å². The molecular formula is C19H25N3O3. The molecule has 0 spiro atoms. The molecule has 0 aliphatic carbocycles. The largest absolute Gasteiger partial charge is 0.469 e. The Morgan fingerprint density at radius 3 is 2.52 bits per heavy atom. The lowest BCUT2D eigenvalue weighted by Crippen LogP contribution is -2.29. The van der Waals surface area contributed by atoms with Crippen molar-refractivity contribution in [2.24, 2.45) is 0 Å². The number of ether oxygens (including phenoxy) is 1. The van der Waals surface area contributed by atoms with Gasteiger partial charge < -0.3 is 9.64 Å². The topological polar surface area (TPSA) is 64.4 Å². The van der Waals surface area contributed by atoms with Gasteiger partial charge in [-0.15, -0.1) is 0 Å². The van der Waals surface area contributed by atoms with Crippen molar-refractivity contribution in [2.45, 2.75) is 33.2 Å². The van der Waals surface area contributed by atoms with Gasteiger partial charge in [0.15, 0.2) is 0 Å². The molecule has 2 aromatic rings. The minimum Gasteiger partial charge on any atom is -0.469 e. The predicted octanol–water partition coefficient (Wildman–Crippen LogP) is 2.57. The lowest BCUT2D eigenvalue weighted by Gasteiger charge is -2.17. The van der Waals surface area contributed by atoms with Crippen LogP contribution in [0.2, 0.25) is 0 Å². The number of amides is 1. The fourth-order valence-corrected chi connectivity index (χ4v) is 2.77. The van der Waals surface area contributed by atoms with Crippen molar-refractivity contribution in [1.29, 1.82) is 0 Å². The SMILES string of the molecule is COC(=O)CCCN(C)C(=O)c1c(C)nn(Cc2ccccc2)c1C. The molecular weight excluding hydrogens is 318 g/mol. The number of carbonyl (C=O) groups is 2. The lowest BCUT2D eigenvalue weighted by atomic mass is 10.1. The van der Waals surface area contributed by atoms with E-state index in [1.54, 1.807) is 11.9 Å². The Labute approximate surface area is 148 Å². The summed E-state index contributed by atoms with van der Waals surface area (Å²) >= 11 is 0. The number of methoxy groups -OCH3 is 1. The number of esters is 1.